The van der Waals surface area contributed by atoms with Crippen molar-refractivity contribution in [3.8, 4) is 11.1 Å². The van der Waals surface area contributed by atoms with Crippen molar-refractivity contribution in [1.29, 1.82) is 0 Å². The number of aryl methyl sites for hydroxylation is 1. The van der Waals surface area contributed by atoms with Gasteiger partial charge in [-0.15, -0.1) is 0 Å². The van der Waals surface area contributed by atoms with Crippen LogP contribution >= 0.6 is 11.8 Å². The Morgan fingerprint density at radius 1 is 1.05 bits per heavy atom. The van der Waals surface area contributed by atoms with Crippen molar-refractivity contribution < 1.29 is 19.1 Å². The number of benzene rings is 2. The van der Waals surface area contributed by atoms with Crippen molar-refractivity contribution in [2.45, 2.75) is 70.5 Å². The molecular formula is C32H44N2O4S. The Balaban J connectivity index is 1.47. The molecule has 1 amide bonds. The second kappa shape index (κ2) is 14.9. The Hall–Kier alpha value is -2.35. The standard InChI is InChI=1S/C32H44N2O4S/c1-23-9-7-8-12-27(23)29-19-25(13-14-28(29)31(35)33-30(16-18-39-3)32(36)37-2)20-34-17-15-26(34)22-38-21-24-10-5-4-6-11-24/h7-9,12-14,19,24,26,30H,4-6,10-11,15-18,20-22H2,1-3H3,(H,33,35)/t26?,30-/m0/s1. The van der Waals surface area contributed by atoms with Gasteiger partial charge in [-0.3, -0.25) is 9.69 Å². The second-order valence-electron chi connectivity index (χ2n) is 11.0. The van der Waals surface area contributed by atoms with Gasteiger partial charge in [0, 0.05) is 31.3 Å². The van der Waals surface area contributed by atoms with Gasteiger partial charge in [0.1, 0.15) is 6.04 Å². The Kier molecular flexibility index (Phi) is 11.3. The molecule has 0 aromatic heterocycles. The number of nitrogens with one attached hydrogen (secondary N) is 1. The van der Waals surface area contributed by atoms with E-state index in [0.717, 1.165) is 54.7 Å². The van der Waals surface area contributed by atoms with Gasteiger partial charge < -0.3 is 14.8 Å². The fraction of sp³-hybridized carbons (Fsp3) is 0.562. The number of carbonyl (C=O) groups is 2. The van der Waals surface area contributed by atoms with Crippen LogP contribution in [0.4, 0.5) is 0 Å². The summed E-state index contributed by atoms with van der Waals surface area (Å²) in [4.78, 5) is 28.3. The Morgan fingerprint density at radius 3 is 2.54 bits per heavy atom. The van der Waals surface area contributed by atoms with Crippen LogP contribution in [0.3, 0.4) is 0 Å². The number of hydrogen-bond donors (Lipinski definition) is 1. The molecule has 1 aliphatic carbocycles. The molecule has 0 radical (unpaired) electrons. The number of thioether (sulfide) groups is 1. The molecule has 2 aromatic rings. The van der Waals surface area contributed by atoms with Crippen LogP contribution in [0.15, 0.2) is 42.5 Å². The van der Waals surface area contributed by atoms with E-state index in [2.05, 4.69) is 35.3 Å². The van der Waals surface area contributed by atoms with E-state index < -0.39 is 12.0 Å². The monoisotopic (exact) mass is 552 g/mol. The largest absolute Gasteiger partial charge is 0.467 e. The van der Waals surface area contributed by atoms with E-state index in [1.165, 1.54) is 51.2 Å². The van der Waals surface area contributed by atoms with Crippen molar-refractivity contribution in [2.75, 3.05) is 38.9 Å². The summed E-state index contributed by atoms with van der Waals surface area (Å²) in [5.74, 6) is 0.822. The smallest absolute Gasteiger partial charge is 0.328 e. The maximum atomic E-state index is 13.5. The summed E-state index contributed by atoms with van der Waals surface area (Å²) < 4.78 is 11.1. The molecule has 2 atom stereocenters. The molecule has 1 unspecified atom stereocenters. The van der Waals surface area contributed by atoms with E-state index in [1.54, 1.807) is 11.8 Å². The third kappa shape index (κ3) is 8.09. The quantitative estimate of drug-likeness (QED) is 0.314. The molecule has 1 saturated heterocycles. The molecule has 2 aromatic carbocycles. The van der Waals surface area contributed by atoms with E-state index in [-0.39, 0.29) is 5.91 Å². The lowest BCUT2D eigenvalue weighted by Gasteiger charge is -2.41. The maximum absolute atomic E-state index is 13.5. The average molecular weight is 553 g/mol. The van der Waals surface area contributed by atoms with Crippen LogP contribution < -0.4 is 5.32 Å². The van der Waals surface area contributed by atoms with Crippen LogP contribution in [-0.4, -0.2) is 67.7 Å². The van der Waals surface area contributed by atoms with Crippen molar-refractivity contribution in [3.05, 3.63) is 59.2 Å². The molecule has 1 heterocycles. The number of nitrogens with zero attached hydrogens (tertiary/aromatic N) is 1. The molecule has 0 spiro atoms. The third-order valence-corrected chi connectivity index (χ3v) is 8.85. The number of rotatable bonds is 13. The minimum atomic E-state index is -0.671. The fourth-order valence-electron chi connectivity index (χ4n) is 5.70. The first-order chi connectivity index (χ1) is 19.0. The Labute approximate surface area is 238 Å². The molecular weight excluding hydrogens is 508 g/mol. The van der Waals surface area contributed by atoms with Gasteiger partial charge in [-0.05, 0) is 84.9 Å². The molecule has 39 heavy (non-hydrogen) atoms. The second-order valence-corrected chi connectivity index (χ2v) is 12.0. The SMILES string of the molecule is COC(=O)[C@H](CCSC)NC(=O)c1ccc(CN2CCC2COCC2CCCCC2)cc1-c1ccccc1C. The number of ether oxygens (including phenoxy) is 2. The number of likely N-dealkylation sites (tertiary alicyclic amines) is 1. The molecule has 6 nitrogen and oxygen atoms in total. The minimum absolute atomic E-state index is 0.255. The summed E-state index contributed by atoms with van der Waals surface area (Å²) in [5.41, 5.74) is 4.77. The number of esters is 1. The van der Waals surface area contributed by atoms with Gasteiger partial charge in [0.25, 0.3) is 5.91 Å². The summed E-state index contributed by atoms with van der Waals surface area (Å²) in [6.07, 6.45) is 10.4. The van der Waals surface area contributed by atoms with Crippen LogP contribution in [0.2, 0.25) is 0 Å². The van der Waals surface area contributed by atoms with Gasteiger partial charge in [0.15, 0.2) is 0 Å². The highest BCUT2D eigenvalue weighted by atomic mass is 32.2. The van der Waals surface area contributed by atoms with Crippen LogP contribution in [0, 0.1) is 12.8 Å². The lowest BCUT2D eigenvalue weighted by Crippen LogP contribution is -2.49. The number of amides is 1. The first-order valence-electron chi connectivity index (χ1n) is 14.4. The van der Waals surface area contributed by atoms with Crippen molar-refractivity contribution >= 4 is 23.6 Å². The van der Waals surface area contributed by atoms with Gasteiger partial charge >= 0.3 is 5.97 Å². The molecule has 1 N–H and O–H groups in total. The fourth-order valence-corrected chi connectivity index (χ4v) is 6.17. The normalized spacial score (nSPS) is 18.8. The van der Waals surface area contributed by atoms with Gasteiger partial charge in [-0.1, -0.05) is 49.6 Å². The van der Waals surface area contributed by atoms with E-state index in [1.807, 2.05) is 30.5 Å². The lowest BCUT2D eigenvalue weighted by atomic mass is 9.90. The third-order valence-electron chi connectivity index (χ3n) is 8.21. The Morgan fingerprint density at radius 2 is 1.85 bits per heavy atom. The molecule has 4 rings (SSSR count). The van der Waals surface area contributed by atoms with Gasteiger partial charge in [-0.25, -0.2) is 4.79 Å². The zero-order chi connectivity index (χ0) is 27.6. The van der Waals surface area contributed by atoms with Crippen molar-refractivity contribution in [1.82, 2.24) is 10.2 Å². The number of carbonyl (C=O) groups excluding carboxylic acids is 2. The lowest BCUT2D eigenvalue weighted by molar-refractivity contribution is -0.142. The highest BCUT2D eigenvalue weighted by Gasteiger charge is 2.29. The van der Waals surface area contributed by atoms with Crippen LogP contribution in [0.5, 0.6) is 0 Å². The highest BCUT2D eigenvalue weighted by molar-refractivity contribution is 7.98. The van der Waals surface area contributed by atoms with Crippen molar-refractivity contribution in [2.24, 2.45) is 5.92 Å². The summed E-state index contributed by atoms with van der Waals surface area (Å²) in [6.45, 7) is 5.66. The first-order valence-corrected chi connectivity index (χ1v) is 15.8. The molecule has 1 saturated carbocycles. The van der Waals surface area contributed by atoms with Gasteiger partial charge in [0.2, 0.25) is 0 Å². The van der Waals surface area contributed by atoms with Gasteiger partial charge in [-0.2, -0.15) is 11.8 Å². The molecule has 0 bridgehead atoms. The summed E-state index contributed by atoms with van der Waals surface area (Å²) in [6, 6.07) is 14.0. The minimum Gasteiger partial charge on any atom is -0.467 e. The zero-order valence-electron chi connectivity index (χ0n) is 23.7. The van der Waals surface area contributed by atoms with Gasteiger partial charge in [0.05, 0.1) is 13.7 Å². The topological polar surface area (TPSA) is 67.9 Å². The molecule has 7 heteroatoms. The number of hydrogen-bond acceptors (Lipinski definition) is 6. The Bertz CT molecular complexity index is 1100. The van der Waals surface area contributed by atoms with Crippen molar-refractivity contribution in [3.63, 3.8) is 0 Å². The zero-order valence-corrected chi connectivity index (χ0v) is 24.6. The summed E-state index contributed by atoms with van der Waals surface area (Å²) >= 11 is 1.64. The summed E-state index contributed by atoms with van der Waals surface area (Å²) in [7, 11) is 1.36. The van der Waals surface area contributed by atoms with Crippen LogP contribution in [0.1, 0.15) is 66.4 Å². The summed E-state index contributed by atoms with van der Waals surface area (Å²) in [5, 5.41) is 2.93. The van der Waals surface area contributed by atoms with E-state index in [0.29, 0.717) is 18.0 Å². The highest BCUT2D eigenvalue weighted by Crippen LogP contribution is 2.30. The van der Waals surface area contributed by atoms with E-state index in [4.69, 9.17) is 9.47 Å². The molecule has 1 aliphatic heterocycles. The predicted molar refractivity (Wildman–Crippen MR) is 159 cm³/mol. The van der Waals surface area contributed by atoms with E-state index in [9.17, 15) is 9.59 Å². The molecule has 2 aliphatic rings. The van der Waals surface area contributed by atoms with E-state index >= 15 is 0 Å². The number of methoxy groups -OCH3 is 1. The maximum Gasteiger partial charge on any atom is 0.328 e. The first kappa shape index (κ1) is 29.6. The predicted octanol–water partition coefficient (Wildman–Crippen LogP) is 5.86. The molecule has 212 valence electrons. The van der Waals surface area contributed by atoms with Crippen LogP contribution in [-0.2, 0) is 20.8 Å². The van der Waals surface area contributed by atoms with Crippen LogP contribution in [0.25, 0.3) is 11.1 Å². The average Bonchev–Trinajstić information content (AvgIpc) is 2.95. The molecule has 2 fully saturated rings.